The van der Waals surface area contributed by atoms with Crippen LogP contribution in [0.2, 0.25) is 0 Å². The lowest BCUT2D eigenvalue weighted by atomic mass is 9.96. The Morgan fingerprint density at radius 1 is 1.02 bits per heavy atom. The predicted octanol–water partition coefficient (Wildman–Crippen LogP) is 4.83. The van der Waals surface area contributed by atoms with Gasteiger partial charge in [0.25, 0.3) is 0 Å². The number of ether oxygens (including phenoxy) is 2. The molecule has 218 valence electrons. The molecule has 1 fully saturated rings. The van der Waals surface area contributed by atoms with Crippen molar-refractivity contribution in [3.63, 3.8) is 0 Å². The molecule has 2 atom stereocenters. The first-order valence-electron chi connectivity index (χ1n) is 13.1. The highest BCUT2D eigenvalue weighted by Crippen LogP contribution is 2.45. The standard InChI is InChI=1S/C30H31N5O5S2/c1-18-16-23(19(2)34(18)21-11-9-20(10-12-21)29(36)40-4)28-27(24-8-6-7-15-31-24)32-30(41)35(28)22-13-14-26(39-3)25(17-22)33-42(5,37)38/h6-17,27-28,33H,1-5H3,(H,32,41)/t27-,28-/m0/s1. The normalized spacial score (nSPS) is 16.7. The summed E-state index contributed by atoms with van der Waals surface area (Å²) in [5, 5.41) is 3.92. The van der Waals surface area contributed by atoms with Gasteiger partial charge >= 0.3 is 5.97 Å². The second-order valence-electron chi connectivity index (χ2n) is 9.96. The van der Waals surface area contributed by atoms with Gasteiger partial charge in [-0.1, -0.05) is 6.07 Å². The van der Waals surface area contributed by atoms with Crippen LogP contribution in [0.4, 0.5) is 11.4 Å². The Morgan fingerprint density at radius 2 is 1.74 bits per heavy atom. The van der Waals surface area contributed by atoms with Crippen LogP contribution in [0.25, 0.3) is 5.69 Å². The number of nitrogens with one attached hydrogen (secondary N) is 2. The molecule has 0 bridgehead atoms. The molecule has 42 heavy (non-hydrogen) atoms. The lowest BCUT2D eigenvalue weighted by Crippen LogP contribution is -2.29. The molecule has 0 saturated carbocycles. The van der Waals surface area contributed by atoms with Crippen molar-refractivity contribution in [3.8, 4) is 11.4 Å². The summed E-state index contributed by atoms with van der Waals surface area (Å²) in [7, 11) is -0.732. The summed E-state index contributed by atoms with van der Waals surface area (Å²) in [5.74, 6) is -0.0135. The number of nitrogens with zero attached hydrogens (tertiary/aromatic N) is 3. The summed E-state index contributed by atoms with van der Waals surface area (Å²) < 4.78 is 39.2. The zero-order chi connectivity index (χ0) is 30.2. The van der Waals surface area contributed by atoms with E-state index in [1.807, 2.05) is 55.1 Å². The van der Waals surface area contributed by atoms with E-state index in [1.165, 1.54) is 14.2 Å². The summed E-state index contributed by atoms with van der Waals surface area (Å²) in [4.78, 5) is 18.6. The molecule has 0 radical (unpaired) electrons. The van der Waals surface area contributed by atoms with Crippen molar-refractivity contribution in [2.24, 2.45) is 0 Å². The second kappa shape index (κ2) is 11.5. The maximum absolute atomic E-state index is 12.1. The lowest BCUT2D eigenvalue weighted by Gasteiger charge is -2.29. The third-order valence-electron chi connectivity index (χ3n) is 7.19. The summed E-state index contributed by atoms with van der Waals surface area (Å²) in [6, 6.07) is 19.7. The van der Waals surface area contributed by atoms with Gasteiger partial charge in [-0.25, -0.2) is 13.2 Å². The van der Waals surface area contributed by atoms with Gasteiger partial charge < -0.3 is 24.3 Å². The SMILES string of the molecule is COC(=O)c1ccc(-n2c(C)cc([C@H]3[C@H](c4ccccn4)NC(=S)N3c3ccc(OC)c(NS(C)(=O)=O)c3)c2C)cc1. The predicted molar refractivity (Wildman–Crippen MR) is 166 cm³/mol. The molecule has 0 unspecified atom stereocenters. The lowest BCUT2D eigenvalue weighted by molar-refractivity contribution is 0.0600. The van der Waals surface area contributed by atoms with Crippen LogP contribution in [-0.4, -0.2) is 49.5 Å². The number of methoxy groups -OCH3 is 2. The number of thiocarbonyl (C=S) groups is 1. The Balaban J connectivity index is 1.65. The molecule has 1 aliphatic heterocycles. The van der Waals surface area contributed by atoms with Crippen molar-refractivity contribution in [1.82, 2.24) is 14.9 Å². The van der Waals surface area contributed by atoms with E-state index in [9.17, 15) is 13.2 Å². The highest BCUT2D eigenvalue weighted by molar-refractivity contribution is 7.92. The van der Waals surface area contributed by atoms with Gasteiger partial charge in [-0.3, -0.25) is 9.71 Å². The highest BCUT2D eigenvalue weighted by Gasteiger charge is 2.42. The van der Waals surface area contributed by atoms with Crippen LogP contribution in [0.5, 0.6) is 5.75 Å². The molecule has 2 N–H and O–H groups in total. The van der Waals surface area contributed by atoms with Crippen LogP contribution >= 0.6 is 12.2 Å². The van der Waals surface area contributed by atoms with Crippen molar-refractivity contribution >= 4 is 44.7 Å². The van der Waals surface area contributed by atoms with Crippen molar-refractivity contribution in [2.45, 2.75) is 25.9 Å². The van der Waals surface area contributed by atoms with E-state index in [0.717, 1.165) is 34.6 Å². The van der Waals surface area contributed by atoms with Gasteiger partial charge in [-0.05, 0) is 92.3 Å². The molecular weight excluding hydrogens is 574 g/mol. The minimum absolute atomic E-state index is 0.302. The average Bonchev–Trinajstić information content (AvgIpc) is 3.46. The monoisotopic (exact) mass is 605 g/mol. The fourth-order valence-electron chi connectivity index (χ4n) is 5.42. The molecular formula is C30H31N5O5S2. The van der Waals surface area contributed by atoms with E-state index < -0.39 is 16.0 Å². The third-order valence-corrected chi connectivity index (χ3v) is 8.10. The number of hydrogen-bond acceptors (Lipinski definition) is 7. The van der Waals surface area contributed by atoms with E-state index >= 15 is 0 Å². The van der Waals surface area contributed by atoms with E-state index in [-0.39, 0.29) is 12.1 Å². The first-order valence-corrected chi connectivity index (χ1v) is 15.4. The Hall–Kier alpha value is -4.42. The molecule has 10 nitrogen and oxygen atoms in total. The fraction of sp³-hybridized carbons (Fsp3) is 0.233. The molecule has 4 aromatic rings. The molecule has 1 aliphatic rings. The first-order chi connectivity index (χ1) is 20.0. The average molecular weight is 606 g/mol. The van der Waals surface area contributed by atoms with E-state index in [1.54, 1.807) is 30.5 Å². The molecule has 1 saturated heterocycles. The quantitative estimate of drug-likeness (QED) is 0.215. The van der Waals surface area contributed by atoms with Gasteiger partial charge in [0.1, 0.15) is 5.75 Å². The van der Waals surface area contributed by atoms with Gasteiger partial charge in [0.15, 0.2) is 5.11 Å². The van der Waals surface area contributed by atoms with E-state index in [4.69, 9.17) is 21.7 Å². The van der Waals surface area contributed by atoms with Crippen LogP contribution in [0.15, 0.2) is 72.9 Å². The van der Waals surface area contributed by atoms with Crippen LogP contribution in [0, 0.1) is 13.8 Å². The number of rotatable bonds is 8. The van der Waals surface area contributed by atoms with Crippen LogP contribution in [-0.2, 0) is 14.8 Å². The molecule has 2 aromatic carbocycles. The number of carbonyl (C=O) groups is 1. The first kappa shape index (κ1) is 29.1. The third kappa shape index (κ3) is 5.55. The summed E-state index contributed by atoms with van der Waals surface area (Å²) in [6.45, 7) is 4.06. The van der Waals surface area contributed by atoms with Gasteiger partial charge in [-0.2, -0.15) is 0 Å². The largest absolute Gasteiger partial charge is 0.495 e. The van der Waals surface area contributed by atoms with Gasteiger partial charge in [0.05, 0.1) is 49.5 Å². The van der Waals surface area contributed by atoms with Crippen LogP contribution in [0.3, 0.4) is 0 Å². The van der Waals surface area contributed by atoms with Crippen molar-refractivity contribution < 1.29 is 22.7 Å². The molecule has 0 amide bonds. The summed E-state index contributed by atoms with van der Waals surface area (Å²) in [6.07, 6.45) is 2.83. The van der Waals surface area contributed by atoms with Crippen LogP contribution in [0.1, 0.15) is 45.1 Å². The maximum Gasteiger partial charge on any atom is 0.337 e. The molecule has 0 spiro atoms. The molecule has 0 aliphatic carbocycles. The van der Waals surface area contributed by atoms with E-state index in [2.05, 4.69) is 25.7 Å². The minimum Gasteiger partial charge on any atom is -0.495 e. The maximum atomic E-state index is 12.1. The summed E-state index contributed by atoms with van der Waals surface area (Å²) in [5.41, 5.74) is 6.11. The van der Waals surface area contributed by atoms with Crippen molar-refractivity contribution in [1.29, 1.82) is 0 Å². The number of esters is 1. The van der Waals surface area contributed by atoms with E-state index in [0.29, 0.717) is 27.8 Å². The molecule has 5 rings (SSSR count). The number of anilines is 2. The Kier molecular flexibility index (Phi) is 7.93. The molecule has 2 aromatic heterocycles. The number of pyridine rings is 1. The van der Waals surface area contributed by atoms with Gasteiger partial charge in [-0.15, -0.1) is 0 Å². The number of benzene rings is 2. The summed E-state index contributed by atoms with van der Waals surface area (Å²) >= 11 is 5.88. The topological polar surface area (TPSA) is 115 Å². The number of aromatic nitrogens is 2. The Labute approximate surface area is 250 Å². The number of carbonyl (C=O) groups excluding carboxylic acids is 1. The van der Waals surface area contributed by atoms with Gasteiger partial charge in [0, 0.05) is 29.0 Å². The Morgan fingerprint density at radius 3 is 2.36 bits per heavy atom. The van der Waals surface area contributed by atoms with Crippen molar-refractivity contribution in [3.05, 3.63) is 101 Å². The zero-order valence-corrected chi connectivity index (χ0v) is 25.4. The van der Waals surface area contributed by atoms with Crippen molar-refractivity contribution in [2.75, 3.05) is 30.1 Å². The van der Waals surface area contributed by atoms with Gasteiger partial charge in [0.2, 0.25) is 10.0 Å². The Bertz CT molecular complexity index is 1750. The highest BCUT2D eigenvalue weighted by atomic mass is 32.2. The van der Waals surface area contributed by atoms with Crippen LogP contribution < -0.4 is 19.7 Å². The fourth-order valence-corrected chi connectivity index (χ4v) is 6.33. The smallest absolute Gasteiger partial charge is 0.337 e. The molecule has 3 heterocycles. The molecule has 12 heteroatoms. The zero-order valence-electron chi connectivity index (χ0n) is 23.8. The number of aryl methyl sites for hydroxylation is 1. The second-order valence-corrected chi connectivity index (χ2v) is 12.1. The minimum atomic E-state index is -3.57. The number of sulfonamides is 1. The number of hydrogen-bond donors (Lipinski definition) is 2.